The number of thiazole rings is 1. The van der Waals surface area contributed by atoms with Crippen LogP contribution in [0.3, 0.4) is 0 Å². The minimum Gasteiger partial charge on any atom is -0.240 e. The van der Waals surface area contributed by atoms with Crippen molar-refractivity contribution in [2.24, 2.45) is 0 Å². The summed E-state index contributed by atoms with van der Waals surface area (Å²) in [6.45, 7) is 6.31. The van der Waals surface area contributed by atoms with Gasteiger partial charge in [0.25, 0.3) is 0 Å². The molecule has 0 aliphatic heterocycles. The molecule has 1 aromatic heterocycles. The van der Waals surface area contributed by atoms with Crippen LogP contribution >= 0.6 is 23.7 Å². The molecule has 0 atom stereocenters. The monoisotopic (exact) mass is 271 g/mol. The Balaban J connectivity index is 0.00000144. The van der Waals surface area contributed by atoms with Crippen molar-refractivity contribution in [2.75, 3.05) is 0 Å². The number of aromatic nitrogens is 1. The molecule has 2 aromatic rings. The molecule has 0 spiro atoms. The average molecular weight is 272 g/mol. The van der Waals surface area contributed by atoms with E-state index in [0.717, 1.165) is 10.7 Å². The van der Waals surface area contributed by atoms with Gasteiger partial charge in [-0.05, 0) is 12.1 Å². The highest BCUT2D eigenvalue weighted by atomic mass is 35.5. The maximum Gasteiger partial charge on any atom is 0.133 e. The Kier molecular flexibility index (Phi) is 4.28. The van der Waals surface area contributed by atoms with Crippen LogP contribution in [0.5, 0.6) is 0 Å². The minimum atomic E-state index is -0.211. The lowest BCUT2D eigenvalue weighted by atomic mass is 9.93. The third kappa shape index (κ3) is 3.05. The first-order chi connectivity index (χ1) is 7.48. The van der Waals surface area contributed by atoms with E-state index < -0.39 is 0 Å². The Labute approximate surface area is 111 Å². The summed E-state index contributed by atoms with van der Waals surface area (Å²) in [7, 11) is 0. The van der Waals surface area contributed by atoms with Crippen LogP contribution in [-0.4, -0.2) is 4.98 Å². The van der Waals surface area contributed by atoms with E-state index in [9.17, 15) is 4.39 Å². The molecule has 0 unspecified atom stereocenters. The van der Waals surface area contributed by atoms with E-state index in [2.05, 4.69) is 25.8 Å². The van der Waals surface area contributed by atoms with E-state index in [-0.39, 0.29) is 23.6 Å². The van der Waals surface area contributed by atoms with Crippen LogP contribution < -0.4 is 0 Å². The van der Waals surface area contributed by atoms with Crippen molar-refractivity contribution in [3.8, 4) is 10.6 Å². The first-order valence-electron chi connectivity index (χ1n) is 5.19. The molecule has 1 heterocycles. The summed E-state index contributed by atoms with van der Waals surface area (Å²) in [5.74, 6) is -0.211. The van der Waals surface area contributed by atoms with Gasteiger partial charge in [0.2, 0.25) is 0 Å². The molecule has 2 rings (SSSR count). The summed E-state index contributed by atoms with van der Waals surface area (Å²) in [6, 6.07) is 6.75. The largest absolute Gasteiger partial charge is 0.240 e. The summed E-state index contributed by atoms with van der Waals surface area (Å²) in [6.07, 6.45) is 0. The number of nitrogens with zero attached hydrogens (tertiary/aromatic N) is 1. The van der Waals surface area contributed by atoms with E-state index >= 15 is 0 Å². The molecule has 0 bridgehead atoms. The van der Waals surface area contributed by atoms with Gasteiger partial charge in [0.1, 0.15) is 10.8 Å². The number of hydrogen-bond donors (Lipinski definition) is 0. The minimum absolute atomic E-state index is 0. The van der Waals surface area contributed by atoms with Crippen molar-refractivity contribution in [1.82, 2.24) is 4.98 Å². The first kappa shape index (κ1) is 14.1. The topological polar surface area (TPSA) is 12.9 Å². The molecule has 1 nitrogen and oxygen atoms in total. The lowest BCUT2D eigenvalue weighted by molar-refractivity contribution is 0.573. The number of benzene rings is 1. The fraction of sp³-hybridized carbons (Fsp3) is 0.308. The van der Waals surface area contributed by atoms with Gasteiger partial charge in [-0.1, -0.05) is 32.9 Å². The Morgan fingerprint density at radius 1 is 1.18 bits per heavy atom. The van der Waals surface area contributed by atoms with E-state index in [1.54, 1.807) is 12.1 Å². The quantitative estimate of drug-likeness (QED) is 0.735. The van der Waals surface area contributed by atoms with Crippen molar-refractivity contribution in [3.63, 3.8) is 0 Å². The van der Waals surface area contributed by atoms with Crippen molar-refractivity contribution >= 4 is 23.7 Å². The van der Waals surface area contributed by atoms with E-state index in [1.165, 1.54) is 17.4 Å². The summed E-state index contributed by atoms with van der Waals surface area (Å²) >= 11 is 1.49. The van der Waals surface area contributed by atoms with Crippen LogP contribution in [0.1, 0.15) is 26.5 Å². The summed E-state index contributed by atoms with van der Waals surface area (Å²) < 4.78 is 13.5. The lowest BCUT2D eigenvalue weighted by Gasteiger charge is -2.14. The number of hydrogen-bond acceptors (Lipinski definition) is 2. The predicted molar refractivity (Wildman–Crippen MR) is 73.5 cm³/mol. The normalized spacial score (nSPS) is 11.1. The molecule has 0 fully saturated rings. The van der Waals surface area contributed by atoms with Gasteiger partial charge in [-0.2, -0.15) is 0 Å². The molecule has 92 valence electrons. The van der Waals surface area contributed by atoms with Crippen molar-refractivity contribution in [3.05, 3.63) is 41.2 Å². The zero-order valence-corrected chi connectivity index (χ0v) is 11.7. The highest BCUT2D eigenvalue weighted by molar-refractivity contribution is 7.13. The molecule has 0 radical (unpaired) electrons. The van der Waals surface area contributed by atoms with Gasteiger partial charge in [-0.15, -0.1) is 23.7 Å². The Morgan fingerprint density at radius 2 is 1.82 bits per heavy atom. The second-order valence-electron chi connectivity index (χ2n) is 4.77. The van der Waals surface area contributed by atoms with Gasteiger partial charge >= 0.3 is 0 Å². The summed E-state index contributed by atoms with van der Waals surface area (Å²) in [4.78, 5) is 4.49. The maximum atomic E-state index is 13.5. The zero-order valence-electron chi connectivity index (χ0n) is 10.0. The predicted octanol–water partition coefficient (Wildman–Crippen LogP) is 4.67. The fourth-order valence-corrected chi connectivity index (χ4v) is 2.45. The second-order valence-corrected chi connectivity index (χ2v) is 5.63. The van der Waals surface area contributed by atoms with Gasteiger partial charge in [0, 0.05) is 16.4 Å². The van der Waals surface area contributed by atoms with Crippen LogP contribution in [-0.2, 0) is 5.41 Å². The smallest absolute Gasteiger partial charge is 0.133 e. The van der Waals surface area contributed by atoms with Crippen molar-refractivity contribution in [1.29, 1.82) is 0 Å². The van der Waals surface area contributed by atoms with Crippen molar-refractivity contribution in [2.45, 2.75) is 26.2 Å². The number of halogens is 2. The van der Waals surface area contributed by atoms with Gasteiger partial charge in [0.05, 0.1) is 5.69 Å². The Morgan fingerprint density at radius 3 is 2.35 bits per heavy atom. The first-order valence-corrected chi connectivity index (χ1v) is 6.07. The van der Waals surface area contributed by atoms with Crippen LogP contribution in [0, 0.1) is 5.82 Å². The third-order valence-electron chi connectivity index (χ3n) is 2.38. The van der Waals surface area contributed by atoms with E-state index in [0.29, 0.717) is 5.56 Å². The average Bonchev–Trinajstić information content (AvgIpc) is 2.66. The molecule has 0 N–H and O–H groups in total. The van der Waals surface area contributed by atoms with Gasteiger partial charge in [-0.3, -0.25) is 0 Å². The standard InChI is InChI=1S/C13H14FNS.ClH/c1-13(2,3)11-8-16-12(15-11)9-6-4-5-7-10(9)14;/h4-8H,1-3H3;1H. The van der Waals surface area contributed by atoms with E-state index in [4.69, 9.17) is 0 Å². The molecule has 0 amide bonds. The van der Waals surface area contributed by atoms with Gasteiger partial charge < -0.3 is 0 Å². The SMILES string of the molecule is CC(C)(C)c1csc(-c2ccccc2F)n1.Cl. The maximum absolute atomic E-state index is 13.5. The van der Waals surface area contributed by atoms with Crippen molar-refractivity contribution < 1.29 is 4.39 Å². The van der Waals surface area contributed by atoms with Crippen LogP contribution in [0.2, 0.25) is 0 Å². The molecule has 0 saturated carbocycles. The lowest BCUT2D eigenvalue weighted by Crippen LogP contribution is -2.11. The van der Waals surface area contributed by atoms with Crippen LogP contribution in [0.25, 0.3) is 10.6 Å². The molecule has 1 aromatic carbocycles. The van der Waals surface area contributed by atoms with Crippen LogP contribution in [0.15, 0.2) is 29.6 Å². The van der Waals surface area contributed by atoms with Gasteiger partial charge in [0.15, 0.2) is 0 Å². The second kappa shape index (κ2) is 5.15. The third-order valence-corrected chi connectivity index (χ3v) is 3.25. The Bertz CT molecular complexity index is 502. The molecular formula is C13H15ClFNS. The molecular weight excluding hydrogens is 257 g/mol. The molecule has 17 heavy (non-hydrogen) atoms. The molecule has 0 aliphatic rings. The Hall–Kier alpha value is -0.930. The van der Waals surface area contributed by atoms with Gasteiger partial charge in [-0.25, -0.2) is 9.37 Å². The molecule has 4 heteroatoms. The molecule has 0 saturated heterocycles. The highest BCUT2D eigenvalue weighted by Gasteiger charge is 2.18. The zero-order chi connectivity index (χ0) is 11.8. The molecule has 0 aliphatic carbocycles. The summed E-state index contributed by atoms with van der Waals surface area (Å²) in [5.41, 5.74) is 1.61. The number of rotatable bonds is 1. The van der Waals surface area contributed by atoms with E-state index in [1.807, 2.05) is 11.4 Å². The van der Waals surface area contributed by atoms with Crippen LogP contribution in [0.4, 0.5) is 4.39 Å². The fourth-order valence-electron chi connectivity index (χ4n) is 1.38. The summed E-state index contributed by atoms with van der Waals surface area (Å²) in [5, 5.41) is 2.75. The highest BCUT2D eigenvalue weighted by Crippen LogP contribution is 2.30.